The van der Waals surface area contributed by atoms with Crippen molar-refractivity contribution in [1.82, 2.24) is 0 Å². The lowest BCUT2D eigenvalue weighted by molar-refractivity contribution is 0.102. The molecule has 98 valence electrons. The van der Waals surface area contributed by atoms with Crippen LogP contribution in [0.4, 0.5) is 10.1 Å². The number of benzene rings is 2. The lowest BCUT2D eigenvalue weighted by Gasteiger charge is -2.09. The first kappa shape index (κ1) is 13.4. The molecule has 0 aliphatic carbocycles. The van der Waals surface area contributed by atoms with Gasteiger partial charge in [0.25, 0.3) is 5.91 Å². The minimum atomic E-state index is -0.631. The molecule has 0 unspecified atom stereocenters. The minimum absolute atomic E-state index is 0.00954. The predicted molar refractivity (Wildman–Crippen MR) is 72.2 cm³/mol. The van der Waals surface area contributed by atoms with Crippen molar-refractivity contribution in [2.45, 2.75) is 6.92 Å². The summed E-state index contributed by atoms with van der Waals surface area (Å²) in [5.41, 5.74) is 0.675. The third-order valence-electron chi connectivity index (χ3n) is 2.66. The first-order chi connectivity index (χ1) is 8.99. The summed E-state index contributed by atoms with van der Waals surface area (Å²) in [6.07, 6.45) is 0. The fourth-order valence-electron chi connectivity index (χ4n) is 1.62. The Kier molecular flexibility index (Phi) is 3.71. The zero-order valence-corrected chi connectivity index (χ0v) is 10.8. The average molecular weight is 280 g/mol. The topological polar surface area (TPSA) is 49.3 Å². The van der Waals surface area contributed by atoms with E-state index in [1.807, 2.05) is 0 Å². The Morgan fingerprint density at radius 2 is 2.05 bits per heavy atom. The number of aryl methyl sites for hydroxylation is 1. The van der Waals surface area contributed by atoms with Crippen LogP contribution < -0.4 is 5.32 Å². The first-order valence-electron chi connectivity index (χ1n) is 5.54. The van der Waals surface area contributed by atoms with Gasteiger partial charge in [-0.25, -0.2) is 4.39 Å². The monoisotopic (exact) mass is 279 g/mol. The highest BCUT2D eigenvalue weighted by Gasteiger charge is 2.14. The molecule has 0 aliphatic rings. The zero-order chi connectivity index (χ0) is 14.0. The number of phenolic OH excluding ortho intramolecular Hbond substituents is 1. The van der Waals surface area contributed by atoms with Gasteiger partial charge in [-0.2, -0.15) is 0 Å². The Bertz CT molecular complexity index is 643. The van der Waals surface area contributed by atoms with Crippen molar-refractivity contribution in [3.8, 4) is 5.75 Å². The Morgan fingerprint density at radius 1 is 1.32 bits per heavy atom. The van der Waals surface area contributed by atoms with E-state index in [0.717, 1.165) is 6.07 Å². The number of carbonyl (C=O) groups excluding carboxylic acids is 1. The van der Waals surface area contributed by atoms with Crippen LogP contribution >= 0.6 is 11.6 Å². The largest absolute Gasteiger partial charge is 0.507 e. The SMILES string of the molecule is Cc1cccc(C(=O)Nc2ccc(Cl)cc2F)c1O. The number of phenols is 1. The number of hydrogen-bond acceptors (Lipinski definition) is 2. The van der Waals surface area contributed by atoms with Crippen LogP contribution in [-0.2, 0) is 0 Å². The molecule has 0 bridgehead atoms. The van der Waals surface area contributed by atoms with Crippen molar-refractivity contribution in [3.63, 3.8) is 0 Å². The van der Waals surface area contributed by atoms with Gasteiger partial charge in [0, 0.05) is 5.02 Å². The number of anilines is 1. The standard InChI is InChI=1S/C14H11ClFNO2/c1-8-3-2-4-10(13(8)18)14(19)17-12-6-5-9(15)7-11(12)16/h2-7,18H,1H3,(H,17,19). The van der Waals surface area contributed by atoms with E-state index in [-0.39, 0.29) is 22.0 Å². The second-order valence-electron chi connectivity index (χ2n) is 4.05. The molecule has 0 saturated carbocycles. The molecule has 0 aliphatic heterocycles. The highest BCUT2D eigenvalue weighted by atomic mass is 35.5. The van der Waals surface area contributed by atoms with Crippen LogP contribution in [0.1, 0.15) is 15.9 Å². The maximum absolute atomic E-state index is 13.5. The van der Waals surface area contributed by atoms with E-state index in [1.165, 1.54) is 18.2 Å². The Morgan fingerprint density at radius 3 is 2.74 bits per heavy atom. The normalized spacial score (nSPS) is 10.3. The van der Waals surface area contributed by atoms with E-state index in [9.17, 15) is 14.3 Å². The third-order valence-corrected chi connectivity index (χ3v) is 2.90. The number of para-hydroxylation sites is 1. The summed E-state index contributed by atoms with van der Waals surface area (Å²) in [6.45, 7) is 1.68. The number of aromatic hydroxyl groups is 1. The van der Waals surface area contributed by atoms with Crippen LogP contribution in [0.3, 0.4) is 0 Å². The summed E-state index contributed by atoms with van der Waals surface area (Å²) in [6, 6.07) is 8.72. The molecule has 1 amide bonds. The van der Waals surface area contributed by atoms with Crippen molar-refractivity contribution in [3.05, 3.63) is 58.4 Å². The van der Waals surface area contributed by atoms with Gasteiger partial charge in [-0.3, -0.25) is 4.79 Å². The molecular formula is C14H11ClFNO2. The molecule has 0 atom stereocenters. The molecule has 19 heavy (non-hydrogen) atoms. The molecule has 0 heterocycles. The molecule has 2 rings (SSSR count). The molecule has 2 aromatic carbocycles. The van der Waals surface area contributed by atoms with E-state index >= 15 is 0 Å². The number of nitrogens with one attached hydrogen (secondary N) is 1. The Balaban J connectivity index is 2.28. The maximum atomic E-state index is 13.5. The quantitative estimate of drug-likeness (QED) is 0.880. The summed E-state index contributed by atoms with van der Waals surface area (Å²) < 4.78 is 13.5. The summed E-state index contributed by atoms with van der Waals surface area (Å²) in [5.74, 6) is -1.33. The maximum Gasteiger partial charge on any atom is 0.259 e. The highest BCUT2D eigenvalue weighted by Crippen LogP contribution is 2.24. The van der Waals surface area contributed by atoms with Gasteiger partial charge in [0.15, 0.2) is 0 Å². The average Bonchev–Trinajstić information content (AvgIpc) is 2.36. The third kappa shape index (κ3) is 2.85. The van der Waals surface area contributed by atoms with Crippen molar-refractivity contribution >= 4 is 23.2 Å². The van der Waals surface area contributed by atoms with Gasteiger partial charge in [-0.1, -0.05) is 23.7 Å². The Hall–Kier alpha value is -2.07. The van der Waals surface area contributed by atoms with Gasteiger partial charge in [-0.05, 0) is 36.8 Å². The molecular weight excluding hydrogens is 269 g/mol. The molecule has 5 heteroatoms. The van der Waals surface area contributed by atoms with Crippen LogP contribution in [0.5, 0.6) is 5.75 Å². The second kappa shape index (κ2) is 5.28. The van der Waals surface area contributed by atoms with Crippen molar-refractivity contribution < 1.29 is 14.3 Å². The van der Waals surface area contributed by atoms with E-state index in [4.69, 9.17) is 11.6 Å². The van der Waals surface area contributed by atoms with E-state index in [0.29, 0.717) is 5.56 Å². The van der Waals surface area contributed by atoms with Crippen LogP contribution in [-0.4, -0.2) is 11.0 Å². The second-order valence-corrected chi connectivity index (χ2v) is 4.49. The van der Waals surface area contributed by atoms with Crippen LogP contribution in [0.25, 0.3) is 0 Å². The van der Waals surface area contributed by atoms with Crippen LogP contribution in [0.15, 0.2) is 36.4 Å². The number of carbonyl (C=O) groups is 1. The van der Waals surface area contributed by atoms with Gasteiger partial charge >= 0.3 is 0 Å². The summed E-state index contributed by atoms with van der Waals surface area (Å²) in [7, 11) is 0. The lowest BCUT2D eigenvalue weighted by atomic mass is 10.1. The minimum Gasteiger partial charge on any atom is -0.507 e. The Labute approximate surface area is 114 Å². The molecule has 0 saturated heterocycles. The summed E-state index contributed by atoms with van der Waals surface area (Å²) in [4.78, 5) is 12.0. The molecule has 2 aromatic rings. The van der Waals surface area contributed by atoms with Crippen LogP contribution in [0, 0.1) is 12.7 Å². The van der Waals surface area contributed by atoms with E-state index in [1.54, 1.807) is 19.1 Å². The van der Waals surface area contributed by atoms with Crippen molar-refractivity contribution in [2.24, 2.45) is 0 Å². The smallest absolute Gasteiger partial charge is 0.259 e. The number of amides is 1. The fraction of sp³-hybridized carbons (Fsp3) is 0.0714. The number of hydrogen-bond donors (Lipinski definition) is 2. The molecule has 0 aromatic heterocycles. The highest BCUT2D eigenvalue weighted by molar-refractivity contribution is 6.30. The summed E-state index contributed by atoms with van der Waals surface area (Å²) >= 11 is 5.62. The molecule has 2 N–H and O–H groups in total. The first-order valence-corrected chi connectivity index (χ1v) is 5.92. The lowest BCUT2D eigenvalue weighted by Crippen LogP contribution is -2.13. The van der Waals surface area contributed by atoms with E-state index < -0.39 is 11.7 Å². The van der Waals surface area contributed by atoms with Gasteiger partial charge < -0.3 is 10.4 Å². The van der Waals surface area contributed by atoms with E-state index in [2.05, 4.69) is 5.32 Å². The van der Waals surface area contributed by atoms with Gasteiger partial charge in [-0.15, -0.1) is 0 Å². The molecule has 0 spiro atoms. The van der Waals surface area contributed by atoms with Crippen molar-refractivity contribution in [2.75, 3.05) is 5.32 Å². The van der Waals surface area contributed by atoms with Gasteiger partial charge in [0.2, 0.25) is 0 Å². The molecule has 3 nitrogen and oxygen atoms in total. The summed E-state index contributed by atoms with van der Waals surface area (Å²) in [5, 5.41) is 12.4. The molecule has 0 fully saturated rings. The van der Waals surface area contributed by atoms with Gasteiger partial charge in [0.1, 0.15) is 11.6 Å². The number of halogens is 2. The van der Waals surface area contributed by atoms with Gasteiger partial charge in [0.05, 0.1) is 11.3 Å². The van der Waals surface area contributed by atoms with Crippen molar-refractivity contribution in [1.29, 1.82) is 0 Å². The number of rotatable bonds is 2. The fourth-order valence-corrected chi connectivity index (χ4v) is 1.78. The molecule has 0 radical (unpaired) electrons. The predicted octanol–water partition coefficient (Wildman–Crippen LogP) is 3.75. The van der Waals surface area contributed by atoms with Crippen LogP contribution in [0.2, 0.25) is 5.02 Å². The zero-order valence-electron chi connectivity index (χ0n) is 10.1.